The Labute approximate surface area is 160 Å². The number of rotatable bonds is 7. The Morgan fingerprint density at radius 3 is 2.33 bits per heavy atom. The van der Waals surface area contributed by atoms with Gasteiger partial charge in [-0.2, -0.15) is 0 Å². The summed E-state index contributed by atoms with van der Waals surface area (Å²) in [5, 5.41) is 0. The van der Waals surface area contributed by atoms with E-state index in [1.807, 2.05) is 54.6 Å². The molecule has 0 aliphatic carbocycles. The maximum atomic E-state index is 13.1. The van der Waals surface area contributed by atoms with Crippen LogP contribution in [0, 0.1) is 0 Å². The van der Waals surface area contributed by atoms with Gasteiger partial charge >= 0.3 is 0 Å². The second-order valence-electron chi connectivity index (χ2n) is 6.85. The van der Waals surface area contributed by atoms with Crippen LogP contribution in [0.2, 0.25) is 0 Å². The minimum Gasteiger partial charge on any atom is -0.385 e. The molecule has 2 aromatic rings. The van der Waals surface area contributed by atoms with E-state index in [2.05, 4.69) is 0 Å². The molecule has 1 atom stereocenters. The van der Waals surface area contributed by atoms with E-state index in [1.165, 1.54) is 0 Å². The SMILES string of the molecule is COCCCN(C(=O)c1ccc(-c2ccccc2)cc1)[C@@H]1CCS(=O)(=O)C1. The third-order valence-electron chi connectivity index (χ3n) is 4.90. The number of methoxy groups -OCH3 is 1. The lowest BCUT2D eigenvalue weighted by Gasteiger charge is -2.28. The molecule has 0 aromatic heterocycles. The van der Waals surface area contributed by atoms with Crippen LogP contribution >= 0.6 is 0 Å². The van der Waals surface area contributed by atoms with Crippen molar-refractivity contribution in [3.63, 3.8) is 0 Å². The summed E-state index contributed by atoms with van der Waals surface area (Å²) in [7, 11) is -1.44. The van der Waals surface area contributed by atoms with Crippen LogP contribution in [0.3, 0.4) is 0 Å². The Morgan fingerprint density at radius 2 is 1.74 bits per heavy atom. The Morgan fingerprint density at radius 1 is 1.07 bits per heavy atom. The summed E-state index contributed by atoms with van der Waals surface area (Å²) in [6.45, 7) is 1.03. The van der Waals surface area contributed by atoms with Crippen LogP contribution < -0.4 is 0 Å². The van der Waals surface area contributed by atoms with Crippen molar-refractivity contribution in [2.24, 2.45) is 0 Å². The van der Waals surface area contributed by atoms with Crippen LogP contribution in [0.1, 0.15) is 23.2 Å². The molecule has 6 heteroatoms. The highest BCUT2D eigenvalue weighted by Gasteiger charge is 2.34. The van der Waals surface area contributed by atoms with Gasteiger partial charge in [0, 0.05) is 31.9 Å². The number of amides is 1. The molecule has 2 aromatic carbocycles. The molecule has 0 bridgehead atoms. The van der Waals surface area contributed by atoms with E-state index in [4.69, 9.17) is 4.74 Å². The van der Waals surface area contributed by atoms with Gasteiger partial charge in [-0.05, 0) is 36.1 Å². The highest BCUT2D eigenvalue weighted by atomic mass is 32.2. The number of sulfone groups is 1. The molecule has 0 N–H and O–H groups in total. The molecule has 1 aliphatic heterocycles. The molecule has 1 aliphatic rings. The summed E-state index contributed by atoms with van der Waals surface area (Å²) in [5.41, 5.74) is 2.72. The minimum absolute atomic E-state index is 0.0494. The van der Waals surface area contributed by atoms with Crippen molar-refractivity contribution in [2.75, 3.05) is 31.8 Å². The van der Waals surface area contributed by atoms with E-state index in [0.717, 1.165) is 11.1 Å². The number of hydrogen-bond donors (Lipinski definition) is 0. The largest absolute Gasteiger partial charge is 0.385 e. The Hall–Kier alpha value is -2.18. The monoisotopic (exact) mass is 387 g/mol. The molecule has 3 rings (SSSR count). The van der Waals surface area contributed by atoms with Gasteiger partial charge in [-0.3, -0.25) is 4.79 Å². The molecule has 0 saturated carbocycles. The summed E-state index contributed by atoms with van der Waals surface area (Å²) in [4.78, 5) is 14.8. The summed E-state index contributed by atoms with van der Waals surface area (Å²) < 4.78 is 28.8. The average Bonchev–Trinajstić information content (AvgIpc) is 3.05. The molecule has 1 heterocycles. The topological polar surface area (TPSA) is 63.7 Å². The molecule has 144 valence electrons. The number of carbonyl (C=O) groups is 1. The van der Waals surface area contributed by atoms with Gasteiger partial charge < -0.3 is 9.64 Å². The average molecular weight is 388 g/mol. The predicted octanol–water partition coefficient (Wildman–Crippen LogP) is 3.02. The number of carbonyl (C=O) groups excluding carboxylic acids is 1. The first-order valence-corrected chi connectivity index (χ1v) is 11.0. The predicted molar refractivity (Wildman–Crippen MR) is 106 cm³/mol. The van der Waals surface area contributed by atoms with Crippen molar-refractivity contribution in [3.05, 3.63) is 60.2 Å². The smallest absolute Gasteiger partial charge is 0.254 e. The minimum atomic E-state index is -3.05. The number of benzene rings is 2. The molecule has 1 fully saturated rings. The number of nitrogens with zero attached hydrogens (tertiary/aromatic N) is 1. The second-order valence-corrected chi connectivity index (χ2v) is 9.07. The lowest BCUT2D eigenvalue weighted by atomic mass is 10.0. The molecule has 0 unspecified atom stereocenters. The molecule has 1 saturated heterocycles. The van der Waals surface area contributed by atoms with Gasteiger partial charge in [0.25, 0.3) is 5.91 Å². The fourth-order valence-corrected chi connectivity index (χ4v) is 5.18. The summed E-state index contributed by atoms with van der Waals surface area (Å²) in [6.07, 6.45) is 1.18. The lowest BCUT2D eigenvalue weighted by molar-refractivity contribution is 0.0674. The van der Waals surface area contributed by atoms with Crippen molar-refractivity contribution >= 4 is 15.7 Å². The van der Waals surface area contributed by atoms with E-state index in [0.29, 0.717) is 31.6 Å². The molecule has 1 amide bonds. The molecule has 27 heavy (non-hydrogen) atoms. The molecule has 5 nitrogen and oxygen atoms in total. The third-order valence-corrected chi connectivity index (χ3v) is 6.65. The lowest BCUT2D eigenvalue weighted by Crippen LogP contribution is -2.42. The van der Waals surface area contributed by atoms with Gasteiger partial charge in [0.05, 0.1) is 11.5 Å². The zero-order chi connectivity index (χ0) is 19.3. The first-order valence-electron chi connectivity index (χ1n) is 9.16. The van der Waals surface area contributed by atoms with Crippen molar-refractivity contribution in [1.82, 2.24) is 4.90 Å². The number of hydrogen-bond acceptors (Lipinski definition) is 4. The van der Waals surface area contributed by atoms with E-state index in [1.54, 1.807) is 12.0 Å². The fourth-order valence-electron chi connectivity index (χ4n) is 3.45. The Balaban J connectivity index is 1.78. The second kappa shape index (κ2) is 8.67. The van der Waals surface area contributed by atoms with E-state index in [9.17, 15) is 13.2 Å². The van der Waals surface area contributed by atoms with E-state index < -0.39 is 9.84 Å². The standard InChI is InChI=1S/C21H25NO4S/c1-26-14-5-13-22(20-12-15-27(24,25)16-20)21(23)19-10-8-18(9-11-19)17-6-3-2-4-7-17/h2-4,6-11,20H,5,12-16H2,1H3/t20-/m1/s1. The van der Waals surface area contributed by atoms with Crippen LogP contribution in [0.25, 0.3) is 11.1 Å². The van der Waals surface area contributed by atoms with Crippen LogP contribution in [0.15, 0.2) is 54.6 Å². The number of ether oxygens (including phenoxy) is 1. The summed E-state index contributed by atoms with van der Waals surface area (Å²) in [5.74, 6) is 0.0831. The van der Waals surface area contributed by atoms with Crippen LogP contribution in [0.5, 0.6) is 0 Å². The molecule has 0 radical (unpaired) electrons. The van der Waals surface area contributed by atoms with Gasteiger partial charge in [0.15, 0.2) is 9.84 Å². The van der Waals surface area contributed by atoms with Crippen LogP contribution in [-0.4, -0.2) is 57.0 Å². The van der Waals surface area contributed by atoms with Gasteiger partial charge in [0.2, 0.25) is 0 Å². The Bertz CT molecular complexity index is 863. The van der Waals surface area contributed by atoms with Crippen molar-refractivity contribution in [1.29, 1.82) is 0 Å². The quantitative estimate of drug-likeness (QED) is 0.685. The van der Waals surface area contributed by atoms with E-state index in [-0.39, 0.29) is 23.5 Å². The zero-order valence-corrected chi connectivity index (χ0v) is 16.3. The molecular weight excluding hydrogens is 362 g/mol. The van der Waals surface area contributed by atoms with Crippen molar-refractivity contribution in [2.45, 2.75) is 18.9 Å². The highest BCUT2D eigenvalue weighted by molar-refractivity contribution is 7.91. The third kappa shape index (κ3) is 4.96. The van der Waals surface area contributed by atoms with Gasteiger partial charge in [0.1, 0.15) is 0 Å². The fraction of sp³-hybridized carbons (Fsp3) is 0.381. The van der Waals surface area contributed by atoms with Gasteiger partial charge in [-0.25, -0.2) is 8.42 Å². The maximum Gasteiger partial charge on any atom is 0.254 e. The highest BCUT2D eigenvalue weighted by Crippen LogP contribution is 2.23. The van der Waals surface area contributed by atoms with Crippen LogP contribution in [-0.2, 0) is 14.6 Å². The summed E-state index contributed by atoms with van der Waals surface area (Å²) in [6, 6.07) is 17.2. The van der Waals surface area contributed by atoms with Gasteiger partial charge in [-0.15, -0.1) is 0 Å². The molecule has 0 spiro atoms. The zero-order valence-electron chi connectivity index (χ0n) is 15.5. The normalized spacial score (nSPS) is 18.3. The van der Waals surface area contributed by atoms with Crippen molar-refractivity contribution < 1.29 is 17.9 Å². The first-order chi connectivity index (χ1) is 13.0. The van der Waals surface area contributed by atoms with E-state index >= 15 is 0 Å². The van der Waals surface area contributed by atoms with Gasteiger partial charge in [-0.1, -0.05) is 42.5 Å². The maximum absolute atomic E-state index is 13.1. The first kappa shape index (κ1) is 19.6. The van der Waals surface area contributed by atoms with Crippen molar-refractivity contribution in [3.8, 4) is 11.1 Å². The summed E-state index contributed by atoms with van der Waals surface area (Å²) >= 11 is 0. The Kier molecular flexibility index (Phi) is 6.29. The molecular formula is C21H25NO4S. The van der Waals surface area contributed by atoms with Crippen LogP contribution in [0.4, 0.5) is 0 Å².